The molecule has 0 saturated heterocycles. The van der Waals surface area contributed by atoms with Gasteiger partial charge in [-0.05, 0) is 35.9 Å². The summed E-state index contributed by atoms with van der Waals surface area (Å²) in [6.07, 6.45) is 1.23. The third kappa shape index (κ3) is 1.97. The summed E-state index contributed by atoms with van der Waals surface area (Å²) < 4.78 is 15.6. The van der Waals surface area contributed by atoms with Crippen LogP contribution in [0.5, 0.6) is 5.75 Å². The molecule has 2 aromatic rings. The van der Waals surface area contributed by atoms with E-state index in [2.05, 4.69) is 0 Å². The Balaban J connectivity index is 2.57. The van der Waals surface area contributed by atoms with Gasteiger partial charge in [0, 0.05) is 18.0 Å². The van der Waals surface area contributed by atoms with Crippen molar-refractivity contribution in [1.82, 2.24) is 4.57 Å². The van der Waals surface area contributed by atoms with Gasteiger partial charge >= 0.3 is 0 Å². The van der Waals surface area contributed by atoms with E-state index in [4.69, 9.17) is 7.85 Å². The summed E-state index contributed by atoms with van der Waals surface area (Å²) in [6.45, 7) is -2.51. The Bertz CT molecular complexity index is 614. The maximum absolute atomic E-state index is 11.7. The predicted molar refractivity (Wildman–Crippen MR) is 59.6 cm³/mol. The Hall–Kier alpha value is -2.07. The lowest BCUT2D eigenvalue weighted by Gasteiger charge is -2.06. The molecule has 4 heteroatoms. The number of benzene rings is 1. The smallest absolute Gasteiger partial charge is 0.255 e. The van der Waals surface area contributed by atoms with E-state index in [0.29, 0.717) is 5.69 Å². The van der Waals surface area contributed by atoms with Crippen molar-refractivity contribution >= 4 is 0 Å². The lowest BCUT2D eigenvalue weighted by molar-refractivity contribution is 0.281. The van der Waals surface area contributed by atoms with Crippen molar-refractivity contribution in [2.24, 2.45) is 0 Å². The van der Waals surface area contributed by atoms with Crippen LogP contribution in [-0.4, -0.2) is 14.8 Å². The topological polar surface area (TPSA) is 62.5 Å². The van der Waals surface area contributed by atoms with Gasteiger partial charge in [-0.15, -0.1) is 0 Å². The summed E-state index contributed by atoms with van der Waals surface area (Å²) in [5.41, 5.74) is 0.104. The molecule has 0 unspecified atom stereocenters. The van der Waals surface area contributed by atoms with Gasteiger partial charge in [-0.3, -0.25) is 9.36 Å². The van der Waals surface area contributed by atoms with E-state index in [-0.39, 0.29) is 16.9 Å². The highest BCUT2D eigenvalue weighted by Crippen LogP contribution is 2.12. The number of hydrogen-bond donors (Lipinski definition) is 2. The number of aromatic hydroxyl groups is 1. The molecule has 0 aliphatic heterocycles. The van der Waals surface area contributed by atoms with Gasteiger partial charge in [-0.25, -0.2) is 0 Å². The lowest BCUT2D eigenvalue weighted by atomic mass is 10.2. The number of hydrogen-bond acceptors (Lipinski definition) is 3. The zero-order chi connectivity index (χ0) is 13.3. The van der Waals surface area contributed by atoms with Gasteiger partial charge in [0.15, 0.2) is 0 Å². The molecule has 1 aromatic carbocycles. The van der Waals surface area contributed by atoms with Crippen LogP contribution in [0, 0.1) is 0 Å². The molecule has 1 aromatic heterocycles. The van der Waals surface area contributed by atoms with Crippen LogP contribution in [-0.2, 0) is 6.56 Å². The zero-order valence-electron chi connectivity index (χ0n) is 10.3. The van der Waals surface area contributed by atoms with Crippen molar-refractivity contribution in [2.75, 3.05) is 0 Å². The lowest BCUT2D eigenvalue weighted by Crippen LogP contribution is -2.16. The number of phenols is 1. The van der Waals surface area contributed by atoms with Crippen molar-refractivity contribution in [2.45, 2.75) is 6.56 Å². The van der Waals surface area contributed by atoms with E-state index >= 15 is 0 Å². The minimum atomic E-state index is -2.51. The molecule has 4 nitrogen and oxygen atoms in total. The summed E-state index contributed by atoms with van der Waals surface area (Å²) in [5, 5.41) is 18.4. The number of aliphatic hydroxyl groups is 1. The Morgan fingerprint density at radius 1 is 1.19 bits per heavy atom. The molecule has 0 aliphatic carbocycles. The Morgan fingerprint density at radius 2 is 1.88 bits per heavy atom. The van der Waals surface area contributed by atoms with Crippen molar-refractivity contribution in [3.05, 3.63) is 58.5 Å². The monoisotopic (exact) mass is 219 g/mol. The van der Waals surface area contributed by atoms with Gasteiger partial charge < -0.3 is 10.2 Å². The molecule has 0 amide bonds. The highest BCUT2D eigenvalue weighted by Gasteiger charge is 2.00. The first-order chi connectivity index (χ1) is 8.38. The summed E-state index contributed by atoms with van der Waals surface area (Å²) in [5.74, 6) is 0.0699. The highest BCUT2D eigenvalue weighted by atomic mass is 16.3. The maximum Gasteiger partial charge on any atom is 0.255 e. The molecule has 0 aliphatic rings. The van der Waals surface area contributed by atoms with Gasteiger partial charge in [-0.1, -0.05) is 0 Å². The van der Waals surface area contributed by atoms with Crippen molar-refractivity contribution in [3.8, 4) is 11.4 Å². The molecule has 16 heavy (non-hydrogen) atoms. The Morgan fingerprint density at radius 3 is 2.50 bits per heavy atom. The quantitative estimate of drug-likeness (QED) is 0.793. The van der Waals surface area contributed by atoms with Crippen molar-refractivity contribution in [1.29, 1.82) is 0 Å². The normalized spacial score (nSPS) is 13.1. The molecule has 0 spiro atoms. The van der Waals surface area contributed by atoms with Gasteiger partial charge in [0.05, 0.1) is 9.30 Å². The largest absolute Gasteiger partial charge is 0.508 e. The highest BCUT2D eigenvalue weighted by molar-refractivity contribution is 5.37. The fourth-order valence-corrected chi connectivity index (χ4v) is 1.37. The Kier molecular flexibility index (Phi) is 2.13. The average Bonchev–Trinajstić information content (AvgIpc) is 2.29. The number of rotatable bonds is 2. The third-order valence-electron chi connectivity index (χ3n) is 2.17. The molecular weight excluding hydrogens is 206 g/mol. The standard InChI is InChI=1S/C12H11NO3/c14-8-9-1-6-12(16)13(7-9)10-2-4-11(15)5-3-10/h1-7,14-15H,8H2/i8D2. The van der Waals surface area contributed by atoms with E-state index in [0.717, 1.165) is 0 Å². The average molecular weight is 219 g/mol. The molecule has 0 bridgehead atoms. The fourth-order valence-electron chi connectivity index (χ4n) is 1.37. The van der Waals surface area contributed by atoms with Gasteiger partial charge in [0.1, 0.15) is 5.75 Å². The minimum Gasteiger partial charge on any atom is -0.508 e. The predicted octanol–water partition coefficient (Wildman–Crippen LogP) is 1.04. The molecule has 0 atom stereocenters. The van der Waals surface area contributed by atoms with E-state index in [9.17, 15) is 9.90 Å². The van der Waals surface area contributed by atoms with E-state index < -0.39 is 6.56 Å². The summed E-state index contributed by atoms with van der Waals surface area (Å²) in [6, 6.07) is 8.29. The first kappa shape index (κ1) is 8.13. The second kappa shape index (κ2) is 4.20. The third-order valence-corrected chi connectivity index (χ3v) is 2.17. The van der Waals surface area contributed by atoms with E-state index in [1.165, 1.54) is 47.2 Å². The molecule has 2 N–H and O–H groups in total. The number of aromatic nitrogens is 1. The number of phenolic OH excluding ortho intramolecular Hbond substituents is 1. The van der Waals surface area contributed by atoms with Crippen molar-refractivity contribution in [3.63, 3.8) is 0 Å². The van der Waals surface area contributed by atoms with Gasteiger partial charge in [-0.2, -0.15) is 0 Å². The van der Waals surface area contributed by atoms with Gasteiger partial charge in [0.2, 0.25) is 0 Å². The maximum atomic E-state index is 11.7. The van der Waals surface area contributed by atoms with Gasteiger partial charge in [0.25, 0.3) is 5.56 Å². The molecule has 0 fully saturated rings. The van der Waals surface area contributed by atoms with E-state index in [1.807, 2.05) is 0 Å². The summed E-state index contributed by atoms with van der Waals surface area (Å²) in [4.78, 5) is 11.7. The molecule has 1 heterocycles. The summed E-state index contributed by atoms with van der Waals surface area (Å²) >= 11 is 0. The van der Waals surface area contributed by atoms with Crippen LogP contribution in [0.4, 0.5) is 0 Å². The molecule has 82 valence electrons. The first-order valence-electron chi connectivity index (χ1n) is 5.63. The molecule has 0 radical (unpaired) electrons. The zero-order valence-corrected chi connectivity index (χ0v) is 8.29. The van der Waals surface area contributed by atoms with Crippen LogP contribution in [0.3, 0.4) is 0 Å². The Labute approximate surface area is 94.8 Å². The van der Waals surface area contributed by atoms with Crippen molar-refractivity contribution < 1.29 is 13.0 Å². The fraction of sp³-hybridized carbons (Fsp3) is 0.0833. The molecule has 2 rings (SSSR count). The molecule has 0 saturated carbocycles. The molecular formula is C12H11NO3. The van der Waals surface area contributed by atoms with Crippen LogP contribution >= 0.6 is 0 Å². The van der Waals surface area contributed by atoms with Crippen LogP contribution in [0.1, 0.15) is 8.30 Å². The SMILES string of the molecule is [2H]C([2H])(O)c1ccc(=O)n(-c2ccc(O)cc2)c1. The first-order valence-corrected chi connectivity index (χ1v) is 4.63. The van der Waals surface area contributed by atoms with Crippen LogP contribution < -0.4 is 5.56 Å². The van der Waals surface area contributed by atoms with Crippen LogP contribution in [0.15, 0.2) is 47.4 Å². The number of nitrogens with zero attached hydrogens (tertiary/aromatic N) is 1. The summed E-state index contributed by atoms with van der Waals surface area (Å²) in [7, 11) is 0. The second-order valence-corrected chi connectivity index (χ2v) is 3.25. The number of pyridine rings is 1. The minimum absolute atomic E-state index is 0.0184. The van der Waals surface area contributed by atoms with Crippen LogP contribution in [0.25, 0.3) is 5.69 Å². The van der Waals surface area contributed by atoms with E-state index in [1.54, 1.807) is 0 Å². The second-order valence-electron chi connectivity index (χ2n) is 3.25. The van der Waals surface area contributed by atoms with Crippen LogP contribution in [0.2, 0.25) is 0 Å².